The number of hydrogen-bond donors (Lipinski definition) is 2. The van der Waals surface area contributed by atoms with Crippen LogP contribution in [0.1, 0.15) is 5.56 Å². The molecule has 1 saturated heterocycles. The molecule has 0 saturated carbocycles. The molecule has 2 aromatic heterocycles. The maximum atomic E-state index is 6.51. The first kappa shape index (κ1) is 20.1. The van der Waals surface area contributed by atoms with Crippen molar-refractivity contribution in [2.75, 3.05) is 41.9 Å². The molecule has 0 unspecified atom stereocenters. The summed E-state index contributed by atoms with van der Waals surface area (Å²) in [5, 5.41) is 12.0. The summed E-state index contributed by atoms with van der Waals surface area (Å²) in [6.45, 7) is 8.49. The van der Waals surface area contributed by atoms with E-state index in [1.54, 1.807) is 10.9 Å². The fourth-order valence-electron chi connectivity index (χ4n) is 3.22. The van der Waals surface area contributed by atoms with Gasteiger partial charge in [-0.1, -0.05) is 11.6 Å². The molecule has 156 valence electrons. The number of halogens is 1. The van der Waals surface area contributed by atoms with E-state index in [4.69, 9.17) is 16.3 Å². The third kappa shape index (κ3) is 4.07. The molecule has 9 nitrogen and oxygen atoms in total. The first-order chi connectivity index (χ1) is 14.6. The molecule has 10 heteroatoms. The van der Waals surface area contributed by atoms with Crippen LogP contribution in [0.2, 0.25) is 5.02 Å². The topological polar surface area (TPSA) is 92.5 Å². The molecule has 1 aliphatic heterocycles. The van der Waals surface area contributed by atoms with Crippen LogP contribution in [0.4, 0.5) is 23.1 Å². The van der Waals surface area contributed by atoms with E-state index in [2.05, 4.69) is 42.5 Å². The molecule has 0 spiro atoms. The highest BCUT2D eigenvalue weighted by Crippen LogP contribution is 2.33. The largest absolute Gasteiger partial charge is 0.378 e. The van der Waals surface area contributed by atoms with Gasteiger partial charge in [-0.15, -0.1) is 5.10 Å². The van der Waals surface area contributed by atoms with E-state index in [0.717, 1.165) is 54.6 Å². The maximum Gasteiger partial charge on any atom is 0.225 e. The number of pyridine rings is 1. The molecule has 3 heterocycles. The van der Waals surface area contributed by atoms with Gasteiger partial charge in [-0.05, 0) is 36.8 Å². The Morgan fingerprint density at radius 2 is 1.93 bits per heavy atom. The standard InChI is InChI=1S/C20H23ClN8O/c1-13-15(26-22-2)5-6-16(18(13)21)24-20-25-19(27-28(20)3)14-4-7-17(23-12-14)29-8-10-30-11-9-29/h4-7,12,26H,2,8-11H2,1,3H3,(H,24,25,27). The van der Waals surface area contributed by atoms with Crippen LogP contribution in [-0.4, -0.2) is 52.8 Å². The Morgan fingerprint density at radius 3 is 2.63 bits per heavy atom. The van der Waals surface area contributed by atoms with E-state index in [-0.39, 0.29) is 0 Å². The van der Waals surface area contributed by atoms with Gasteiger partial charge in [0.2, 0.25) is 5.95 Å². The third-order valence-electron chi connectivity index (χ3n) is 4.94. The number of hydrogen-bond acceptors (Lipinski definition) is 8. The Balaban J connectivity index is 1.53. The van der Waals surface area contributed by atoms with Gasteiger partial charge in [0, 0.05) is 38.6 Å². The fourth-order valence-corrected chi connectivity index (χ4v) is 3.43. The zero-order chi connectivity index (χ0) is 21.1. The molecule has 30 heavy (non-hydrogen) atoms. The number of nitrogens with one attached hydrogen (secondary N) is 2. The van der Waals surface area contributed by atoms with Crippen molar-refractivity contribution in [1.29, 1.82) is 0 Å². The number of aromatic nitrogens is 4. The van der Waals surface area contributed by atoms with Crippen LogP contribution in [0.15, 0.2) is 35.6 Å². The van der Waals surface area contributed by atoms with E-state index in [9.17, 15) is 0 Å². The van der Waals surface area contributed by atoms with Crippen LogP contribution in [0.5, 0.6) is 0 Å². The monoisotopic (exact) mass is 426 g/mol. The lowest BCUT2D eigenvalue weighted by Crippen LogP contribution is -2.36. The van der Waals surface area contributed by atoms with E-state index in [1.165, 1.54) is 0 Å². The Labute approximate surface area is 179 Å². The highest BCUT2D eigenvalue weighted by molar-refractivity contribution is 6.34. The number of morpholine rings is 1. The highest BCUT2D eigenvalue weighted by Gasteiger charge is 2.15. The summed E-state index contributed by atoms with van der Waals surface area (Å²) in [5.74, 6) is 2.09. The summed E-state index contributed by atoms with van der Waals surface area (Å²) in [7, 11) is 1.83. The minimum atomic E-state index is 0.574. The van der Waals surface area contributed by atoms with Crippen LogP contribution < -0.4 is 15.6 Å². The number of aryl methyl sites for hydroxylation is 1. The van der Waals surface area contributed by atoms with Crippen LogP contribution in [-0.2, 0) is 11.8 Å². The number of ether oxygens (including phenoxy) is 1. The molecular formula is C20H23ClN8O. The van der Waals surface area contributed by atoms with Crippen molar-refractivity contribution in [1.82, 2.24) is 19.7 Å². The van der Waals surface area contributed by atoms with Crippen molar-refractivity contribution in [3.8, 4) is 11.4 Å². The molecule has 0 radical (unpaired) electrons. The predicted octanol–water partition coefficient (Wildman–Crippen LogP) is 3.45. The molecule has 0 amide bonds. The van der Waals surface area contributed by atoms with Crippen molar-refractivity contribution >= 4 is 41.5 Å². The van der Waals surface area contributed by atoms with Crippen molar-refractivity contribution in [3.05, 3.63) is 41.0 Å². The van der Waals surface area contributed by atoms with Gasteiger partial charge < -0.3 is 15.0 Å². The number of benzene rings is 1. The van der Waals surface area contributed by atoms with Gasteiger partial charge in [-0.3, -0.25) is 5.43 Å². The SMILES string of the molecule is C=NNc1ccc(Nc2nc(-c3ccc(N4CCOCC4)nc3)nn2C)c(Cl)c1C. The molecule has 0 atom stereocenters. The second-order valence-corrected chi connectivity index (χ2v) is 7.26. The minimum Gasteiger partial charge on any atom is -0.378 e. The molecule has 1 fully saturated rings. The molecule has 1 aliphatic rings. The zero-order valence-electron chi connectivity index (χ0n) is 16.9. The minimum absolute atomic E-state index is 0.574. The van der Waals surface area contributed by atoms with Gasteiger partial charge >= 0.3 is 0 Å². The lowest BCUT2D eigenvalue weighted by atomic mass is 10.2. The van der Waals surface area contributed by atoms with Crippen molar-refractivity contribution in [2.45, 2.75) is 6.92 Å². The average Bonchev–Trinajstić information content (AvgIpc) is 3.14. The molecule has 0 aliphatic carbocycles. The number of rotatable bonds is 6. The molecule has 0 bridgehead atoms. The molecular weight excluding hydrogens is 404 g/mol. The maximum absolute atomic E-state index is 6.51. The van der Waals surface area contributed by atoms with Crippen LogP contribution in [0, 0.1) is 6.92 Å². The highest BCUT2D eigenvalue weighted by atomic mass is 35.5. The summed E-state index contributed by atoms with van der Waals surface area (Å²) < 4.78 is 7.07. The lowest BCUT2D eigenvalue weighted by Gasteiger charge is -2.27. The van der Waals surface area contributed by atoms with Gasteiger partial charge in [0.05, 0.1) is 29.6 Å². The number of hydrazone groups is 1. The Hall–Kier alpha value is -3.17. The second kappa shape index (κ2) is 8.68. The molecule has 1 aromatic carbocycles. The van der Waals surface area contributed by atoms with Crippen LogP contribution in [0.3, 0.4) is 0 Å². The average molecular weight is 427 g/mol. The third-order valence-corrected chi connectivity index (χ3v) is 5.42. The lowest BCUT2D eigenvalue weighted by molar-refractivity contribution is 0.122. The molecule has 2 N–H and O–H groups in total. The smallest absolute Gasteiger partial charge is 0.225 e. The Morgan fingerprint density at radius 1 is 1.17 bits per heavy atom. The zero-order valence-corrected chi connectivity index (χ0v) is 17.6. The Kier molecular flexibility index (Phi) is 5.82. The van der Waals surface area contributed by atoms with Crippen LogP contribution in [0.25, 0.3) is 11.4 Å². The van der Waals surface area contributed by atoms with E-state index >= 15 is 0 Å². The predicted molar refractivity (Wildman–Crippen MR) is 120 cm³/mol. The number of anilines is 4. The number of nitrogens with zero attached hydrogens (tertiary/aromatic N) is 6. The van der Waals surface area contributed by atoms with Crippen molar-refractivity contribution < 1.29 is 4.74 Å². The second-order valence-electron chi connectivity index (χ2n) is 6.88. The Bertz CT molecular complexity index is 1040. The summed E-state index contributed by atoms with van der Waals surface area (Å²) in [5.41, 5.74) is 6.05. The van der Waals surface area contributed by atoms with E-state index in [1.807, 2.05) is 38.2 Å². The normalized spacial score (nSPS) is 13.9. The summed E-state index contributed by atoms with van der Waals surface area (Å²) in [6.07, 6.45) is 1.80. The quantitative estimate of drug-likeness (QED) is 0.460. The summed E-state index contributed by atoms with van der Waals surface area (Å²) in [6, 6.07) is 7.71. The summed E-state index contributed by atoms with van der Waals surface area (Å²) in [4.78, 5) is 11.4. The molecule has 3 aromatic rings. The fraction of sp³-hybridized carbons (Fsp3) is 0.300. The van der Waals surface area contributed by atoms with Crippen LogP contribution >= 0.6 is 11.6 Å². The van der Waals surface area contributed by atoms with Gasteiger partial charge in [-0.2, -0.15) is 10.1 Å². The van der Waals surface area contributed by atoms with Gasteiger partial charge in [0.25, 0.3) is 0 Å². The van der Waals surface area contributed by atoms with Gasteiger partial charge in [0.1, 0.15) is 5.82 Å². The first-order valence-electron chi connectivity index (χ1n) is 9.55. The first-order valence-corrected chi connectivity index (χ1v) is 9.92. The summed E-state index contributed by atoms with van der Waals surface area (Å²) >= 11 is 6.51. The van der Waals surface area contributed by atoms with Gasteiger partial charge in [-0.25, -0.2) is 9.67 Å². The molecule has 4 rings (SSSR count). The van der Waals surface area contributed by atoms with Gasteiger partial charge in [0.15, 0.2) is 5.82 Å². The van der Waals surface area contributed by atoms with E-state index < -0.39 is 0 Å². The van der Waals surface area contributed by atoms with Crippen molar-refractivity contribution in [2.24, 2.45) is 12.1 Å². The van der Waals surface area contributed by atoms with Crippen molar-refractivity contribution in [3.63, 3.8) is 0 Å². The van der Waals surface area contributed by atoms with E-state index in [0.29, 0.717) is 16.8 Å².